The summed E-state index contributed by atoms with van der Waals surface area (Å²) in [6, 6.07) is 12.9. The number of carbonyl (C=O) groups is 1. The summed E-state index contributed by atoms with van der Waals surface area (Å²) in [4.78, 5) is 14.7. The summed E-state index contributed by atoms with van der Waals surface area (Å²) in [6.07, 6.45) is 1.90. The highest BCUT2D eigenvalue weighted by atomic mass is 35.5. The normalized spacial score (nSPS) is 16.6. The number of benzene rings is 2. The van der Waals surface area contributed by atoms with Crippen molar-refractivity contribution in [1.82, 2.24) is 4.90 Å². The predicted molar refractivity (Wildman–Crippen MR) is 98.7 cm³/mol. The standard InChI is InChI=1S/C19H21ClN2O3/c1-24-15-9-10-18(25-2)16(12-15)21-19(23)22-11-3-4-17(22)13-5-7-14(20)8-6-13/h5-10,12,17H,3-4,11H2,1-2H3,(H,21,23)/t17-/m0/s1. The number of rotatable bonds is 4. The minimum atomic E-state index is -0.149. The molecule has 2 amide bonds. The van der Waals surface area contributed by atoms with Crippen molar-refractivity contribution in [2.45, 2.75) is 18.9 Å². The molecule has 1 heterocycles. The van der Waals surface area contributed by atoms with Gasteiger partial charge >= 0.3 is 6.03 Å². The Morgan fingerprint density at radius 2 is 1.92 bits per heavy atom. The summed E-state index contributed by atoms with van der Waals surface area (Å²) >= 11 is 5.97. The first kappa shape index (κ1) is 17.4. The van der Waals surface area contributed by atoms with Gasteiger partial charge in [-0.3, -0.25) is 0 Å². The van der Waals surface area contributed by atoms with Gasteiger partial charge in [-0.2, -0.15) is 0 Å². The number of methoxy groups -OCH3 is 2. The number of nitrogens with zero attached hydrogens (tertiary/aromatic N) is 1. The van der Waals surface area contributed by atoms with Crippen LogP contribution in [0.5, 0.6) is 11.5 Å². The smallest absolute Gasteiger partial charge is 0.322 e. The molecule has 0 saturated carbocycles. The van der Waals surface area contributed by atoms with Crippen molar-refractivity contribution in [2.24, 2.45) is 0 Å². The number of urea groups is 1. The first-order valence-electron chi connectivity index (χ1n) is 8.17. The Morgan fingerprint density at radius 3 is 2.60 bits per heavy atom. The van der Waals surface area contributed by atoms with E-state index in [1.54, 1.807) is 32.4 Å². The van der Waals surface area contributed by atoms with Crippen LogP contribution in [0.2, 0.25) is 5.02 Å². The molecule has 1 aliphatic rings. The van der Waals surface area contributed by atoms with Gasteiger partial charge in [0.2, 0.25) is 0 Å². The molecule has 0 bridgehead atoms. The zero-order valence-electron chi connectivity index (χ0n) is 14.3. The minimum Gasteiger partial charge on any atom is -0.497 e. The van der Waals surface area contributed by atoms with Gasteiger partial charge in [-0.15, -0.1) is 0 Å². The number of likely N-dealkylation sites (tertiary alicyclic amines) is 1. The van der Waals surface area contributed by atoms with Crippen molar-refractivity contribution in [1.29, 1.82) is 0 Å². The Labute approximate surface area is 152 Å². The van der Waals surface area contributed by atoms with Gasteiger partial charge in [0, 0.05) is 17.6 Å². The molecule has 5 nitrogen and oxygen atoms in total. The molecular weight excluding hydrogens is 340 g/mol. The summed E-state index contributed by atoms with van der Waals surface area (Å²) < 4.78 is 10.6. The Hall–Kier alpha value is -2.40. The number of nitrogens with one attached hydrogen (secondary N) is 1. The van der Waals surface area contributed by atoms with Gasteiger partial charge in [-0.25, -0.2) is 4.79 Å². The molecule has 25 heavy (non-hydrogen) atoms. The van der Waals surface area contributed by atoms with Gasteiger partial charge < -0.3 is 19.7 Å². The summed E-state index contributed by atoms with van der Waals surface area (Å²) in [6.45, 7) is 0.714. The summed E-state index contributed by atoms with van der Waals surface area (Å²) in [5, 5.41) is 3.64. The summed E-state index contributed by atoms with van der Waals surface area (Å²) in [5.41, 5.74) is 1.68. The van der Waals surface area contributed by atoms with Crippen LogP contribution in [-0.4, -0.2) is 31.7 Å². The molecule has 0 aliphatic carbocycles. The highest BCUT2D eigenvalue weighted by Gasteiger charge is 2.30. The lowest BCUT2D eigenvalue weighted by molar-refractivity contribution is 0.207. The lowest BCUT2D eigenvalue weighted by atomic mass is 10.1. The van der Waals surface area contributed by atoms with Gasteiger partial charge in [0.15, 0.2) is 0 Å². The Balaban J connectivity index is 1.79. The fourth-order valence-electron chi connectivity index (χ4n) is 3.14. The van der Waals surface area contributed by atoms with E-state index in [4.69, 9.17) is 21.1 Å². The number of carbonyl (C=O) groups excluding carboxylic acids is 1. The minimum absolute atomic E-state index is 0.0499. The van der Waals surface area contributed by atoms with Crippen molar-refractivity contribution in [3.8, 4) is 11.5 Å². The molecule has 3 rings (SSSR count). The number of ether oxygens (including phenoxy) is 2. The molecular formula is C19H21ClN2O3. The quantitative estimate of drug-likeness (QED) is 0.857. The van der Waals surface area contributed by atoms with Crippen LogP contribution in [0.15, 0.2) is 42.5 Å². The first-order valence-corrected chi connectivity index (χ1v) is 8.55. The largest absolute Gasteiger partial charge is 0.497 e. The van der Waals surface area contributed by atoms with E-state index < -0.39 is 0 Å². The van der Waals surface area contributed by atoms with Crippen LogP contribution in [0.3, 0.4) is 0 Å². The topological polar surface area (TPSA) is 50.8 Å². The number of halogens is 1. The van der Waals surface area contributed by atoms with E-state index in [-0.39, 0.29) is 12.1 Å². The molecule has 0 spiro atoms. The van der Waals surface area contributed by atoms with Crippen LogP contribution in [-0.2, 0) is 0 Å². The van der Waals surface area contributed by atoms with E-state index in [1.165, 1.54) is 0 Å². The zero-order valence-corrected chi connectivity index (χ0v) is 15.0. The number of anilines is 1. The maximum absolute atomic E-state index is 12.8. The van der Waals surface area contributed by atoms with E-state index in [2.05, 4.69) is 5.32 Å². The lowest BCUT2D eigenvalue weighted by Gasteiger charge is -2.26. The van der Waals surface area contributed by atoms with Crippen LogP contribution in [0.1, 0.15) is 24.4 Å². The Kier molecular flexibility index (Phi) is 5.34. The van der Waals surface area contributed by atoms with Gasteiger partial charge in [0.25, 0.3) is 0 Å². The molecule has 2 aromatic rings. The van der Waals surface area contributed by atoms with Crippen LogP contribution >= 0.6 is 11.6 Å². The van der Waals surface area contributed by atoms with E-state index in [0.717, 1.165) is 18.4 Å². The van der Waals surface area contributed by atoms with Crippen molar-refractivity contribution >= 4 is 23.3 Å². The van der Waals surface area contributed by atoms with Crippen LogP contribution < -0.4 is 14.8 Å². The summed E-state index contributed by atoms with van der Waals surface area (Å²) in [5.74, 6) is 1.25. The number of hydrogen-bond donors (Lipinski definition) is 1. The maximum atomic E-state index is 12.8. The number of amides is 2. The molecule has 2 aromatic carbocycles. The molecule has 1 N–H and O–H groups in total. The van der Waals surface area contributed by atoms with Crippen molar-refractivity contribution in [3.05, 3.63) is 53.1 Å². The van der Waals surface area contributed by atoms with Crippen molar-refractivity contribution < 1.29 is 14.3 Å². The molecule has 132 valence electrons. The first-order chi connectivity index (χ1) is 12.1. The molecule has 0 radical (unpaired) electrons. The van der Waals surface area contributed by atoms with E-state index in [0.29, 0.717) is 28.8 Å². The lowest BCUT2D eigenvalue weighted by Crippen LogP contribution is -2.34. The second kappa shape index (κ2) is 7.66. The van der Waals surface area contributed by atoms with Crippen molar-refractivity contribution in [3.63, 3.8) is 0 Å². The van der Waals surface area contributed by atoms with Crippen LogP contribution in [0.4, 0.5) is 10.5 Å². The fourth-order valence-corrected chi connectivity index (χ4v) is 3.27. The molecule has 1 saturated heterocycles. The van der Waals surface area contributed by atoms with Crippen molar-refractivity contribution in [2.75, 3.05) is 26.1 Å². The average molecular weight is 361 g/mol. The van der Waals surface area contributed by atoms with Gasteiger partial charge in [0.1, 0.15) is 11.5 Å². The molecule has 1 aliphatic heterocycles. The zero-order chi connectivity index (χ0) is 17.8. The molecule has 6 heteroatoms. The molecule has 0 aromatic heterocycles. The molecule has 1 atom stereocenters. The second-order valence-electron chi connectivity index (χ2n) is 5.90. The van der Waals surface area contributed by atoms with E-state index in [1.807, 2.05) is 29.2 Å². The predicted octanol–water partition coefficient (Wildman–Crippen LogP) is 4.73. The van der Waals surface area contributed by atoms with Gasteiger partial charge in [-0.1, -0.05) is 23.7 Å². The second-order valence-corrected chi connectivity index (χ2v) is 6.34. The van der Waals surface area contributed by atoms with Gasteiger partial charge in [-0.05, 0) is 42.7 Å². The SMILES string of the molecule is COc1ccc(OC)c(NC(=O)N2CCC[C@H]2c2ccc(Cl)cc2)c1. The molecule has 0 unspecified atom stereocenters. The van der Waals surface area contributed by atoms with Crippen LogP contribution in [0.25, 0.3) is 0 Å². The summed E-state index contributed by atoms with van der Waals surface area (Å²) in [7, 11) is 3.16. The maximum Gasteiger partial charge on any atom is 0.322 e. The highest BCUT2D eigenvalue weighted by Crippen LogP contribution is 2.34. The molecule has 1 fully saturated rings. The third-order valence-electron chi connectivity index (χ3n) is 4.42. The third-order valence-corrected chi connectivity index (χ3v) is 4.67. The average Bonchev–Trinajstić information content (AvgIpc) is 3.12. The van der Waals surface area contributed by atoms with Crippen LogP contribution in [0, 0.1) is 0 Å². The van der Waals surface area contributed by atoms with E-state index in [9.17, 15) is 4.79 Å². The monoisotopic (exact) mass is 360 g/mol. The Bertz CT molecular complexity index is 749. The Morgan fingerprint density at radius 1 is 1.16 bits per heavy atom. The fraction of sp³-hybridized carbons (Fsp3) is 0.316. The van der Waals surface area contributed by atoms with Gasteiger partial charge in [0.05, 0.1) is 25.9 Å². The van der Waals surface area contributed by atoms with E-state index >= 15 is 0 Å². The highest BCUT2D eigenvalue weighted by molar-refractivity contribution is 6.30. The third kappa shape index (κ3) is 3.82. The number of hydrogen-bond acceptors (Lipinski definition) is 3.